The van der Waals surface area contributed by atoms with Gasteiger partial charge in [-0.2, -0.15) is 0 Å². The van der Waals surface area contributed by atoms with Gasteiger partial charge in [-0.15, -0.1) is 0 Å². The van der Waals surface area contributed by atoms with Crippen LogP contribution >= 0.6 is 23.2 Å². The first kappa shape index (κ1) is 28.8. The minimum absolute atomic E-state index is 0.151. The summed E-state index contributed by atoms with van der Waals surface area (Å²) in [6.45, 7) is 0.151. The molecule has 1 atom stereocenters. The van der Waals surface area contributed by atoms with Gasteiger partial charge in [-0.25, -0.2) is 9.97 Å². The van der Waals surface area contributed by atoms with Crippen molar-refractivity contribution in [3.63, 3.8) is 0 Å². The quantitative estimate of drug-likeness (QED) is 0.197. The van der Waals surface area contributed by atoms with E-state index in [9.17, 15) is 9.90 Å². The van der Waals surface area contributed by atoms with E-state index in [1.54, 1.807) is 47.4 Å². The number of aliphatic hydroxyl groups is 1. The van der Waals surface area contributed by atoms with E-state index >= 15 is 0 Å². The molecule has 7 rings (SSSR count). The third-order valence-corrected chi connectivity index (χ3v) is 8.46. The molecule has 2 N–H and O–H groups in total. The molecule has 2 aromatic heterocycles. The first-order valence-corrected chi connectivity index (χ1v) is 15.0. The Labute approximate surface area is 269 Å². The molecule has 6 aromatic rings. The summed E-state index contributed by atoms with van der Waals surface area (Å²) in [5.41, 5.74) is 3.80. The minimum Gasteiger partial charge on any atom is -0.488 e. The molecule has 0 saturated heterocycles. The maximum Gasteiger partial charge on any atom is 0.256 e. The van der Waals surface area contributed by atoms with Gasteiger partial charge in [-0.05, 0) is 76.9 Å². The molecule has 222 valence electrons. The number of para-hydroxylation sites is 1. The number of rotatable bonds is 6. The topological polar surface area (TPSA) is 89.3 Å². The number of carbonyl (C=O) groups excluding carboxylic acids is 1. The number of nitrogens with zero attached hydrogens (tertiary/aromatic N) is 3. The van der Waals surface area contributed by atoms with Crippen LogP contribution in [-0.4, -0.2) is 32.2 Å². The number of aryl methyl sites for hydroxylation is 1. The van der Waals surface area contributed by atoms with Crippen molar-refractivity contribution in [1.82, 2.24) is 14.5 Å². The Morgan fingerprint density at radius 1 is 0.933 bits per heavy atom. The van der Waals surface area contributed by atoms with Crippen LogP contribution in [0.25, 0.3) is 28.1 Å². The molecule has 0 bridgehead atoms. The number of imidazole rings is 1. The van der Waals surface area contributed by atoms with Crippen molar-refractivity contribution in [3.8, 4) is 16.9 Å². The van der Waals surface area contributed by atoms with Crippen molar-refractivity contribution in [2.24, 2.45) is 7.05 Å². The van der Waals surface area contributed by atoms with Gasteiger partial charge in [0.05, 0.1) is 29.3 Å². The summed E-state index contributed by atoms with van der Waals surface area (Å²) in [4.78, 5) is 22.5. The number of anilines is 1. The minimum atomic E-state index is -1.56. The molecule has 0 aliphatic carbocycles. The highest BCUT2D eigenvalue weighted by Crippen LogP contribution is 2.40. The van der Waals surface area contributed by atoms with Crippen LogP contribution in [0, 0.1) is 0 Å². The third kappa shape index (κ3) is 5.36. The second-order valence-corrected chi connectivity index (χ2v) is 11.7. The van der Waals surface area contributed by atoms with E-state index in [0.29, 0.717) is 43.8 Å². The Morgan fingerprint density at radius 2 is 1.73 bits per heavy atom. The lowest BCUT2D eigenvalue weighted by Gasteiger charge is -2.30. The summed E-state index contributed by atoms with van der Waals surface area (Å²) >= 11 is 12.6. The fourth-order valence-electron chi connectivity index (χ4n) is 5.71. The molecule has 3 heterocycles. The van der Waals surface area contributed by atoms with Crippen LogP contribution in [0.3, 0.4) is 0 Å². The van der Waals surface area contributed by atoms with E-state index < -0.39 is 5.60 Å². The maximum atomic E-state index is 13.4. The highest BCUT2D eigenvalue weighted by molar-refractivity contribution is 6.31. The van der Waals surface area contributed by atoms with E-state index in [0.717, 1.165) is 27.8 Å². The van der Waals surface area contributed by atoms with Crippen LogP contribution in [0.4, 0.5) is 5.82 Å². The highest BCUT2D eigenvalue weighted by Gasteiger charge is 2.37. The molecule has 1 unspecified atom stereocenters. The fraction of sp³-hybridized carbons (Fsp3) is 0.0833. The zero-order valence-corrected chi connectivity index (χ0v) is 25.5. The van der Waals surface area contributed by atoms with Crippen molar-refractivity contribution in [2.75, 3.05) is 11.9 Å². The number of benzene rings is 4. The van der Waals surface area contributed by atoms with Gasteiger partial charge in [-0.1, -0.05) is 71.7 Å². The zero-order valence-electron chi connectivity index (χ0n) is 24.0. The number of nitrogens with one attached hydrogen (secondary N) is 1. The van der Waals surface area contributed by atoms with Crippen molar-refractivity contribution < 1.29 is 14.6 Å². The Balaban J connectivity index is 1.36. The van der Waals surface area contributed by atoms with Crippen LogP contribution in [-0.2, 0) is 17.4 Å². The molecule has 4 aromatic carbocycles. The van der Waals surface area contributed by atoms with Crippen LogP contribution in [0.5, 0.6) is 5.75 Å². The van der Waals surface area contributed by atoms with E-state index in [1.165, 1.54) is 0 Å². The highest BCUT2D eigenvalue weighted by atomic mass is 35.5. The largest absolute Gasteiger partial charge is 0.488 e. The number of fused-ring (bicyclic) bond motifs is 2. The molecule has 1 aliphatic rings. The van der Waals surface area contributed by atoms with Crippen LogP contribution in [0.1, 0.15) is 22.4 Å². The van der Waals surface area contributed by atoms with Gasteiger partial charge in [0.2, 0.25) is 0 Å². The predicted octanol–water partition coefficient (Wildman–Crippen LogP) is 7.64. The second kappa shape index (κ2) is 11.5. The molecule has 1 aliphatic heterocycles. The molecule has 9 heteroatoms. The number of carbonyl (C=O) groups is 1. The second-order valence-electron chi connectivity index (χ2n) is 10.9. The molecule has 0 radical (unpaired) electrons. The number of halogens is 2. The smallest absolute Gasteiger partial charge is 0.256 e. The lowest BCUT2D eigenvalue weighted by molar-refractivity contribution is -0.113. The first-order chi connectivity index (χ1) is 21.8. The number of hydrogen-bond donors (Lipinski definition) is 2. The average Bonchev–Trinajstić information content (AvgIpc) is 3.50. The van der Waals surface area contributed by atoms with Crippen LogP contribution < -0.4 is 10.1 Å². The zero-order chi connectivity index (χ0) is 31.1. The van der Waals surface area contributed by atoms with E-state index in [-0.39, 0.29) is 12.5 Å². The van der Waals surface area contributed by atoms with Gasteiger partial charge in [-0.3, -0.25) is 4.79 Å². The van der Waals surface area contributed by atoms with Crippen molar-refractivity contribution >= 4 is 51.9 Å². The summed E-state index contributed by atoms with van der Waals surface area (Å²) in [5, 5.41) is 17.4. The third-order valence-electron chi connectivity index (χ3n) is 7.98. The summed E-state index contributed by atoms with van der Waals surface area (Å²) in [6.07, 6.45) is 5.13. The average molecular weight is 634 g/mol. The Morgan fingerprint density at radius 3 is 2.51 bits per heavy atom. The van der Waals surface area contributed by atoms with Gasteiger partial charge in [0.15, 0.2) is 5.60 Å². The summed E-state index contributed by atoms with van der Waals surface area (Å²) < 4.78 is 7.58. The molecule has 0 spiro atoms. The number of amides is 1. The Hall–Kier alpha value is -4.95. The van der Waals surface area contributed by atoms with Gasteiger partial charge >= 0.3 is 0 Å². The number of ether oxygens (including phenoxy) is 1. The summed E-state index contributed by atoms with van der Waals surface area (Å²) in [6, 6.07) is 29.6. The monoisotopic (exact) mass is 632 g/mol. The first-order valence-electron chi connectivity index (χ1n) is 14.2. The van der Waals surface area contributed by atoms with Crippen LogP contribution in [0.2, 0.25) is 10.0 Å². The number of aromatic nitrogens is 3. The number of hydrogen-bond acceptors (Lipinski definition) is 5. The molecule has 45 heavy (non-hydrogen) atoms. The van der Waals surface area contributed by atoms with Crippen molar-refractivity contribution in [2.45, 2.75) is 5.60 Å². The SMILES string of the molecule is Cn1cncc1C(O)(c1ccc(Cl)cc1)c1ccc2nc(NC(=O)C3=Cc4ccccc4OC3)cc(-c3cccc(Cl)c3)c2c1. The standard InChI is InChI=1S/C36H26Cl2N4O3/c1-42-21-39-19-33(42)36(44,25-9-12-27(37)13-10-25)26-11-14-31-30(17-26)29(22-6-4-7-28(38)16-22)18-34(40-31)41-35(43)24-15-23-5-2-3-8-32(23)45-20-24/h2-19,21,44H,20H2,1H3,(H,40,41,43). The normalized spacial score (nSPS) is 13.8. The summed E-state index contributed by atoms with van der Waals surface area (Å²) in [5.74, 6) is 0.800. The fourth-order valence-corrected chi connectivity index (χ4v) is 6.03. The Kier molecular flexibility index (Phi) is 7.37. The van der Waals surface area contributed by atoms with Gasteiger partial charge < -0.3 is 19.7 Å². The van der Waals surface area contributed by atoms with Crippen LogP contribution in [0.15, 0.2) is 115 Å². The predicted molar refractivity (Wildman–Crippen MR) is 177 cm³/mol. The Bertz CT molecular complexity index is 2120. The molecular weight excluding hydrogens is 607 g/mol. The molecule has 0 saturated carbocycles. The van der Waals surface area contributed by atoms with Crippen molar-refractivity contribution in [3.05, 3.63) is 148 Å². The number of pyridine rings is 1. The molecule has 0 fully saturated rings. The maximum absolute atomic E-state index is 13.4. The van der Waals surface area contributed by atoms with Gasteiger partial charge in [0.1, 0.15) is 18.2 Å². The lowest BCUT2D eigenvalue weighted by atomic mass is 9.82. The molecule has 1 amide bonds. The van der Waals surface area contributed by atoms with E-state index in [4.69, 9.17) is 32.9 Å². The summed E-state index contributed by atoms with van der Waals surface area (Å²) in [7, 11) is 1.84. The van der Waals surface area contributed by atoms with E-state index in [2.05, 4.69) is 10.3 Å². The van der Waals surface area contributed by atoms with Gasteiger partial charge in [0, 0.05) is 28.0 Å². The van der Waals surface area contributed by atoms with Gasteiger partial charge in [0.25, 0.3) is 5.91 Å². The van der Waals surface area contributed by atoms with E-state index in [1.807, 2.05) is 79.9 Å². The molecular formula is C36H26Cl2N4O3. The lowest BCUT2D eigenvalue weighted by Crippen LogP contribution is -2.31. The molecule has 7 nitrogen and oxygen atoms in total. The van der Waals surface area contributed by atoms with Crippen molar-refractivity contribution in [1.29, 1.82) is 0 Å².